The van der Waals surface area contributed by atoms with Gasteiger partial charge in [0.1, 0.15) is 6.26 Å². The van der Waals surface area contributed by atoms with Gasteiger partial charge in [0.15, 0.2) is 0 Å². The maximum atomic E-state index is 12.3. The zero-order valence-electron chi connectivity index (χ0n) is 14.2. The third-order valence-corrected chi connectivity index (χ3v) is 5.31. The molecule has 9 heteroatoms. The van der Waals surface area contributed by atoms with Gasteiger partial charge < -0.3 is 14.8 Å². The third-order valence-electron chi connectivity index (χ3n) is 3.62. The molecule has 0 saturated heterocycles. The number of aromatic carboxylic acids is 1. The van der Waals surface area contributed by atoms with Crippen LogP contribution in [0.5, 0.6) is 0 Å². The molecule has 2 rings (SSSR count). The first kappa shape index (κ1) is 18.7. The lowest BCUT2D eigenvalue weighted by molar-refractivity contribution is 0.0695. The number of carboxylic acids is 1. The molecule has 0 atom stereocenters. The normalized spacial score (nSPS) is 11.6. The van der Waals surface area contributed by atoms with Gasteiger partial charge in [-0.05, 0) is 31.0 Å². The number of carbonyl (C=O) groups excluding carboxylic acids is 1. The van der Waals surface area contributed by atoms with Crippen LogP contribution in [0.25, 0.3) is 0 Å². The van der Waals surface area contributed by atoms with Gasteiger partial charge in [0.2, 0.25) is 5.09 Å². The van der Waals surface area contributed by atoms with Crippen molar-refractivity contribution in [1.29, 1.82) is 0 Å². The molecule has 134 valence electrons. The molecule has 0 unspecified atom stereocenters. The maximum Gasteiger partial charge on any atom is 0.336 e. The Labute approximate surface area is 145 Å². The molecule has 1 aromatic heterocycles. The number of nitrogens with zero attached hydrogens (tertiary/aromatic N) is 1. The molecular formula is C16H18N2O6S. The Morgan fingerprint density at radius 3 is 2.32 bits per heavy atom. The van der Waals surface area contributed by atoms with Crippen molar-refractivity contribution >= 4 is 27.6 Å². The molecule has 2 N–H and O–H groups in total. The second-order valence-electron chi connectivity index (χ2n) is 5.68. The smallest absolute Gasteiger partial charge is 0.336 e. The van der Waals surface area contributed by atoms with Crippen LogP contribution in [0.1, 0.15) is 31.8 Å². The van der Waals surface area contributed by atoms with Gasteiger partial charge in [-0.1, -0.05) is 6.07 Å². The molecule has 1 amide bonds. The Balaban J connectivity index is 2.31. The summed E-state index contributed by atoms with van der Waals surface area (Å²) in [5, 5.41) is 11.4. The van der Waals surface area contributed by atoms with Crippen LogP contribution < -0.4 is 5.32 Å². The number of amides is 1. The van der Waals surface area contributed by atoms with Crippen molar-refractivity contribution in [3.63, 3.8) is 0 Å². The van der Waals surface area contributed by atoms with Crippen molar-refractivity contribution in [3.05, 3.63) is 46.7 Å². The number of furan rings is 1. The standard InChI is InChI=1S/C16H18N2O6S/c1-9-5-10(2)13(7-12(9)16(20)21)17-15(19)11-6-14(24-8-11)25(22,23)18(3)4/h5-8H,1-4H3,(H,17,19)(H,20,21). The van der Waals surface area contributed by atoms with Crippen LogP contribution in [0.2, 0.25) is 0 Å². The summed E-state index contributed by atoms with van der Waals surface area (Å²) in [5.41, 5.74) is 1.67. The molecule has 0 spiro atoms. The molecule has 1 aromatic carbocycles. The van der Waals surface area contributed by atoms with Crippen LogP contribution in [0, 0.1) is 13.8 Å². The molecule has 25 heavy (non-hydrogen) atoms. The predicted molar refractivity (Wildman–Crippen MR) is 90.4 cm³/mol. The second-order valence-corrected chi connectivity index (χ2v) is 7.77. The van der Waals surface area contributed by atoms with Crippen LogP contribution in [0.4, 0.5) is 5.69 Å². The molecule has 0 fully saturated rings. The predicted octanol–water partition coefficient (Wildman–Crippen LogP) is 2.10. The molecule has 8 nitrogen and oxygen atoms in total. The summed E-state index contributed by atoms with van der Waals surface area (Å²) in [7, 11) is -1.09. The van der Waals surface area contributed by atoms with Gasteiger partial charge in [0.05, 0.1) is 11.1 Å². The summed E-state index contributed by atoms with van der Waals surface area (Å²) in [4.78, 5) is 23.5. The minimum absolute atomic E-state index is 0.0114. The summed E-state index contributed by atoms with van der Waals surface area (Å²) in [6, 6.07) is 4.13. The van der Waals surface area contributed by atoms with Crippen LogP contribution in [0.3, 0.4) is 0 Å². The lowest BCUT2D eigenvalue weighted by atomic mass is 10.0. The minimum Gasteiger partial charge on any atom is -0.478 e. The Kier molecular flexibility index (Phi) is 5.00. The van der Waals surface area contributed by atoms with E-state index in [1.54, 1.807) is 19.9 Å². The van der Waals surface area contributed by atoms with Gasteiger partial charge in [0.25, 0.3) is 15.9 Å². The molecule has 0 aliphatic rings. The summed E-state index contributed by atoms with van der Waals surface area (Å²) in [6.07, 6.45) is 1.04. The molecule has 2 aromatic rings. The van der Waals surface area contributed by atoms with E-state index in [1.807, 2.05) is 0 Å². The van der Waals surface area contributed by atoms with E-state index in [0.29, 0.717) is 16.8 Å². The molecule has 0 aliphatic heterocycles. The quantitative estimate of drug-likeness (QED) is 0.837. The number of sulfonamides is 1. The molecule has 1 heterocycles. The summed E-state index contributed by atoms with van der Waals surface area (Å²) < 4.78 is 29.9. The number of nitrogens with one attached hydrogen (secondary N) is 1. The Bertz CT molecular complexity index is 944. The fourth-order valence-corrected chi connectivity index (χ4v) is 2.97. The topological polar surface area (TPSA) is 117 Å². The molecule has 0 bridgehead atoms. The summed E-state index contributed by atoms with van der Waals surface area (Å²) in [5.74, 6) is -1.71. The average Bonchev–Trinajstić information content (AvgIpc) is 3.00. The number of hydrogen-bond donors (Lipinski definition) is 2. The third kappa shape index (κ3) is 3.72. The van der Waals surface area contributed by atoms with Gasteiger partial charge in [0, 0.05) is 25.8 Å². The van der Waals surface area contributed by atoms with Gasteiger partial charge in [-0.25, -0.2) is 17.5 Å². The van der Waals surface area contributed by atoms with E-state index in [2.05, 4.69) is 5.32 Å². The van der Waals surface area contributed by atoms with Crippen molar-refractivity contribution in [3.8, 4) is 0 Å². The first-order chi connectivity index (χ1) is 11.5. The van der Waals surface area contributed by atoms with E-state index >= 15 is 0 Å². The van der Waals surface area contributed by atoms with Gasteiger partial charge in [-0.2, -0.15) is 0 Å². The lowest BCUT2D eigenvalue weighted by Crippen LogP contribution is -2.21. The highest BCUT2D eigenvalue weighted by Gasteiger charge is 2.23. The van der Waals surface area contributed by atoms with E-state index < -0.39 is 21.9 Å². The number of hydrogen-bond acceptors (Lipinski definition) is 5. The average molecular weight is 366 g/mol. The monoisotopic (exact) mass is 366 g/mol. The molecule has 0 aliphatic carbocycles. The van der Waals surface area contributed by atoms with Gasteiger partial charge in [-0.3, -0.25) is 4.79 Å². The van der Waals surface area contributed by atoms with E-state index in [0.717, 1.165) is 16.6 Å². The summed E-state index contributed by atoms with van der Waals surface area (Å²) >= 11 is 0. The van der Waals surface area contributed by atoms with Crippen molar-refractivity contribution in [1.82, 2.24) is 4.31 Å². The van der Waals surface area contributed by atoms with Crippen molar-refractivity contribution in [2.24, 2.45) is 0 Å². The number of carbonyl (C=O) groups is 2. The van der Waals surface area contributed by atoms with E-state index in [4.69, 9.17) is 4.42 Å². The maximum absolute atomic E-state index is 12.3. The number of aryl methyl sites for hydroxylation is 2. The van der Waals surface area contributed by atoms with E-state index in [9.17, 15) is 23.1 Å². The fraction of sp³-hybridized carbons (Fsp3) is 0.250. The highest BCUT2D eigenvalue weighted by molar-refractivity contribution is 7.88. The van der Waals surface area contributed by atoms with E-state index in [1.165, 1.54) is 20.2 Å². The van der Waals surface area contributed by atoms with E-state index in [-0.39, 0.29) is 16.2 Å². The fourth-order valence-electron chi connectivity index (χ4n) is 2.16. The number of carboxylic acid groups (broad SMARTS) is 1. The largest absolute Gasteiger partial charge is 0.478 e. The Morgan fingerprint density at radius 2 is 1.76 bits per heavy atom. The molecular weight excluding hydrogens is 348 g/mol. The Hall–Kier alpha value is -2.65. The van der Waals surface area contributed by atoms with Gasteiger partial charge in [-0.15, -0.1) is 0 Å². The highest BCUT2D eigenvalue weighted by atomic mass is 32.2. The highest BCUT2D eigenvalue weighted by Crippen LogP contribution is 2.23. The Morgan fingerprint density at radius 1 is 1.12 bits per heavy atom. The molecule has 0 radical (unpaired) electrons. The van der Waals surface area contributed by atoms with Gasteiger partial charge >= 0.3 is 5.97 Å². The lowest BCUT2D eigenvalue weighted by Gasteiger charge is -2.11. The SMILES string of the molecule is Cc1cc(C)c(C(=O)O)cc1NC(=O)c1coc(S(=O)(=O)N(C)C)c1. The minimum atomic E-state index is -3.79. The van der Waals surface area contributed by atoms with Crippen molar-refractivity contribution in [2.75, 3.05) is 19.4 Å². The van der Waals surface area contributed by atoms with Crippen molar-refractivity contribution < 1.29 is 27.5 Å². The first-order valence-electron chi connectivity index (χ1n) is 7.21. The van der Waals surface area contributed by atoms with Crippen LogP contribution in [0.15, 0.2) is 34.0 Å². The zero-order chi connectivity index (χ0) is 18.9. The second kappa shape index (κ2) is 6.69. The van der Waals surface area contributed by atoms with Crippen molar-refractivity contribution in [2.45, 2.75) is 18.9 Å². The first-order valence-corrected chi connectivity index (χ1v) is 8.65. The zero-order valence-corrected chi connectivity index (χ0v) is 15.0. The van der Waals surface area contributed by atoms with Crippen LogP contribution >= 0.6 is 0 Å². The number of benzene rings is 1. The van der Waals surface area contributed by atoms with Crippen LogP contribution in [-0.2, 0) is 10.0 Å². The number of rotatable bonds is 5. The molecule has 0 saturated carbocycles. The number of anilines is 1. The summed E-state index contributed by atoms with van der Waals surface area (Å²) in [6.45, 7) is 3.39. The van der Waals surface area contributed by atoms with Crippen LogP contribution in [-0.4, -0.2) is 43.8 Å².